The second-order valence-corrected chi connectivity index (χ2v) is 19.6. The molecule has 0 atom stereocenters. The summed E-state index contributed by atoms with van der Waals surface area (Å²) in [5.41, 5.74) is 17.0. The van der Waals surface area contributed by atoms with Gasteiger partial charge >= 0.3 is 6.85 Å². The Kier molecular flexibility index (Phi) is 7.08. The van der Waals surface area contributed by atoms with E-state index in [4.69, 9.17) is 4.74 Å². The molecule has 0 bridgehead atoms. The first-order valence-corrected chi connectivity index (χ1v) is 18.9. The fourth-order valence-electron chi connectivity index (χ4n) is 8.86. The van der Waals surface area contributed by atoms with Crippen LogP contribution in [0.3, 0.4) is 0 Å². The maximum atomic E-state index is 6.76. The van der Waals surface area contributed by atoms with E-state index >= 15 is 0 Å². The number of benzene rings is 5. The number of rotatable bonds is 1. The molecule has 0 fully saturated rings. The average molecular weight is 672 g/mol. The van der Waals surface area contributed by atoms with Gasteiger partial charge in [0, 0.05) is 38.9 Å². The molecule has 3 aliphatic rings. The summed E-state index contributed by atoms with van der Waals surface area (Å²) in [7, 11) is 0. The molecule has 260 valence electrons. The summed E-state index contributed by atoms with van der Waals surface area (Å²) in [6, 6.07) is 35.2. The Hall–Kier alpha value is -4.24. The highest BCUT2D eigenvalue weighted by atomic mass is 16.5. The third-order valence-corrected chi connectivity index (χ3v) is 12.2. The Morgan fingerprint density at radius 3 is 1.76 bits per heavy atom. The van der Waals surface area contributed by atoms with Crippen molar-refractivity contribution in [3.8, 4) is 22.6 Å². The van der Waals surface area contributed by atoms with Gasteiger partial charge in [-0.25, -0.2) is 0 Å². The van der Waals surface area contributed by atoms with Crippen LogP contribution in [0.25, 0.3) is 11.1 Å². The maximum absolute atomic E-state index is 6.76. The van der Waals surface area contributed by atoms with Crippen LogP contribution in [0, 0.1) is 0 Å². The normalized spacial score (nSPS) is 16.7. The third-order valence-electron chi connectivity index (χ3n) is 12.2. The highest BCUT2D eigenvalue weighted by Crippen LogP contribution is 2.56. The molecule has 0 saturated heterocycles. The summed E-state index contributed by atoms with van der Waals surface area (Å²) in [6.07, 6.45) is 0. The van der Waals surface area contributed by atoms with Crippen molar-refractivity contribution >= 4 is 29.1 Å². The molecule has 0 N–H and O–H groups in total. The van der Waals surface area contributed by atoms with E-state index in [1.165, 1.54) is 72.4 Å². The summed E-state index contributed by atoms with van der Waals surface area (Å²) < 4.78 is 6.76. The minimum Gasteiger partial charge on any atom is -0.457 e. The van der Waals surface area contributed by atoms with Crippen LogP contribution in [0.4, 0.5) is 11.4 Å². The molecule has 5 aromatic carbocycles. The topological polar surface area (TPSA) is 12.5 Å². The van der Waals surface area contributed by atoms with Crippen molar-refractivity contribution in [2.24, 2.45) is 0 Å². The number of anilines is 2. The van der Waals surface area contributed by atoms with Gasteiger partial charge in [-0.1, -0.05) is 157 Å². The highest BCUT2D eigenvalue weighted by molar-refractivity contribution is 6.91. The van der Waals surface area contributed by atoms with Crippen molar-refractivity contribution in [2.45, 2.75) is 117 Å². The Balaban J connectivity index is 1.45. The van der Waals surface area contributed by atoms with Crippen LogP contribution in [-0.2, 0) is 27.1 Å². The van der Waals surface area contributed by atoms with E-state index < -0.39 is 0 Å². The molecule has 3 heterocycles. The van der Waals surface area contributed by atoms with Crippen LogP contribution < -0.4 is 20.5 Å². The van der Waals surface area contributed by atoms with E-state index in [-0.39, 0.29) is 33.9 Å². The molecule has 0 saturated carbocycles. The largest absolute Gasteiger partial charge is 0.457 e. The van der Waals surface area contributed by atoms with E-state index in [0.717, 1.165) is 11.5 Å². The van der Waals surface area contributed by atoms with Gasteiger partial charge in [-0.05, 0) is 84.8 Å². The van der Waals surface area contributed by atoms with E-state index in [1.54, 1.807) is 0 Å². The molecule has 8 rings (SSSR count). The van der Waals surface area contributed by atoms with E-state index in [1.807, 2.05) is 0 Å². The molecule has 2 nitrogen and oxygen atoms in total. The summed E-state index contributed by atoms with van der Waals surface area (Å²) >= 11 is 0. The van der Waals surface area contributed by atoms with E-state index in [9.17, 15) is 0 Å². The molecular weight excluding hydrogens is 617 g/mol. The molecule has 0 amide bonds. The van der Waals surface area contributed by atoms with Gasteiger partial charge < -0.3 is 9.55 Å². The zero-order valence-corrected chi connectivity index (χ0v) is 33.1. The number of ether oxygens (including phenoxy) is 1. The van der Waals surface area contributed by atoms with Gasteiger partial charge in [0.2, 0.25) is 0 Å². The molecule has 0 unspecified atom stereocenters. The molecule has 0 aliphatic carbocycles. The second-order valence-electron chi connectivity index (χ2n) is 19.6. The fraction of sp³-hybridized carbons (Fsp3) is 0.375. The first-order chi connectivity index (χ1) is 23.7. The number of nitrogens with zero attached hydrogens (tertiary/aromatic N) is 1. The maximum Gasteiger partial charge on any atom is 0.328 e. The number of para-hydroxylation sites is 1. The first-order valence-electron chi connectivity index (χ1n) is 18.9. The van der Waals surface area contributed by atoms with Crippen molar-refractivity contribution in [3.63, 3.8) is 0 Å². The van der Waals surface area contributed by atoms with Gasteiger partial charge in [-0.15, -0.1) is 0 Å². The molecule has 0 spiro atoms. The summed E-state index contributed by atoms with van der Waals surface area (Å²) in [5, 5.41) is 0. The van der Waals surface area contributed by atoms with Gasteiger partial charge in [0.05, 0.1) is 0 Å². The van der Waals surface area contributed by atoms with Crippen molar-refractivity contribution in [3.05, 3.63) is 130 Å². The zero-order valence-electron chi connectivity index (χ0n) is 33.1. The molecule has 3 heteroatoms. The predicted molar refractivity (Wildman–Crippen MR) is 219 cm³/mol. The lowest BCUT2D eigenvalue weighted by molar-refractivity contribution is 0.418. The van der Waals surface area contributed by atoms with Gasteiger partial charge in [-0.3, -0.25) is 0 Å². The van der Waals surface area contributed by atoms with Crippen LogP contribution in [0.2, 0.25) is 0 Å². The minimum absolute atomic E-state index is 0.00243. The van der Waals surface area contributed by atoms with E-state index in [2.05, 4.69) is 186 Å². The quantitative estimate of drug-likeness (QED) is 0.165. The Morgan fingerprint density at radius 1 is 0.510 bits per heavy atom. The lowest BCUT2D eigenvalue weighted by Crippen LogP contribution is -2.59. The standard InChI is InChI=1S/C48H54BNO/c1-44(2,3)29-18-22-39-33(24-29)34-25-31(46(7,8)9)27-38-43(34)50(40-23-19-30(45(4,5)6)26-37(40)48(38,12)13)49(39)32-20-21-36-42(28-32)51-41-17-15-14-16-35(41)47(36,10)11/h14-28H,1-13H3. The third kappa shape index (κ3) is 5.05. The van der Waals surface area contributed by atoms with Gasteiger partial charge in [0.25, 0.3) is 0 Å². The SMILES string of the molecule is CC(C)(C)c1ccc2c(c1)-c1cc(C(C)(C)C)cc3c1N(B2c1ccc2c(c1)Oc1ccccc1C2(C)C)c1ccc(C(C)(C)C)cc1C3(C)C. The van der Waals surface area contributed by atoms with Crippen molar-refractivity contribution < 1.29 is 4.74 Å². The van der Waals surface area contributed by atoms with Crippen LogP contribution in [-0.4, -0.2) is 6.85 Å². The van der Waals surface area contributed by atoms with Crippen LogP contribution in [0.5, 0.6) is 11.5 Å². The summed E-state index contributed by atoms with van der Waals surface area (Å²) in [6.45, 7) is 30.5. The molecule has 0 radical (unpaired) electrons. The molecule has 51 heavy (non-hydrogen) atoms. The highest BCUT2D eigenvalue weighted by Gasteiger charge is 2.47. The van der Waals surface area contributed by atoms with Gasteiger partial charge in [0.15, 0.2) is 0 Å². The van der Waals surface area contributed by atoms with Crippen LogP contribution >= 0.6 is 0 Å². The zero-order chi connectivity index (χ0) is 36.6. The van der Waals surface area contributed by atoms with Crippen molar-refractivity contribution in [2.75, 3.05) is 4.81 Å². The monoisotopic (exact) mass is 671 g/mol. The molecule has 3 aliphatic heterocycles. The predicted octanol–water partition coefficient (Wildman–Crippen LogP) is 11.6. The Bertz CT molecular complexity index is 2250. The second kappa shape index (κ2) is 10.7. The van der Waals surface area contributed by atoms with Crippen molar-refractivity contribution in [1.82, 2.24) is 0 Å². The Morgan fingerprint density at radius 2 is 1.08 bits per heavy atom. The van der Waals surface area contributed by atoms with Gasteiger partial charge in [0.1, 0.15) is 11.5 Å². The summed E-state index contributed by atoms with van der Waals surface area (Å²) in [4.78, 5) is 2.69. The van der Waals surface area contributed by atoms with Crippen LogP contribution in [0.15, 0.2) is 91.0 Å². The number of fused-ring (bicyclic) bond motifs is 6. The van der Waals surface area contributed by atoms with Crippen LogP contribution in [0.1, 0.15) is 129 Å². The first kappa shape index (κ1) is 33.9. The lowest BCUT2D eigenvalue weighted by atomic mass is 9.44. The number of hydrogen-bond acceptors (Lipinski definition) is 2. The molecule has 0 aromatic heterocycles. The van der Waals surface area contributed by atoms with Crippen molar-refractivity contribution in [1.29, 1.82) is 0 Å². The summed E-state index contributed by atoms with van der Waals surface area (Å²) in [5.74, 6) is 1.91. The smallest absolute Gasteiger partial charge is 0.328 e. The average Bonchev–Trinajstić information content (AvgIpc) is 3.04. The minimum atomic E-state index is -0.200. The number of hydrogen-bond donors (Lipinski definition) is 0. The van der Waals surface area contributed by atoms with E-state index in [0.29, 0.717) is 0 Å². The lowest BCUT2D eigenvalue weighted by Gasteiger charge is -2.49. The molecular formula is C48H54BNO. The molecule has 5 aromatic rings. The fourth-order valence-corrected chi connectivity index (χ4v) is 8.86. The Labute approximate surface area is 307 Å². The van der Waals surface area contributed by atoms with Gasteiger partial charge in [-0.2, -0.15) is 0 Å².